The molecule has 1 aliphatic rings. The summed E-state index contributed by atoms with van der Waals surface area (Å²) in [5, 5.41) is 3.71. The zero-order chi connectivity index (χ0) is 12.6. The maximum absolute atomic E-state index is 3.71. The first-order chi connectivity index (χ1) is 8.90. The SMILES string of the molecule is CSCCCCCCNC1Cc2ccccc2C1. The molecule has 18 heavy (non-hydrogen) atoms. The Morgan fingerprint density at radius 3 is 2.39 bits per heavy atom. The summed E-state index contributed by atoms with van der Waals surface area (Å²) in [5.74, 6) is 1.32. The van der Waals surface area contributed by atoms with Crippen LogP contribution in [0, 0.1) is 0 Å². The molecular weight excluding hydrogens is 238 g/mol. The Labute approximate surface area is 116 Å². The number of hydrogen-bond acceptors (Lipinski definition) is 2. The Balaban J connectivity index is 1.54. The third kappa shape index (κ3) is 4.33. The molecule has 0 fully saturated rings. The van der Waals surface area contributed by atoms with Crippen LogP contribution in [0.2, 0.25) is 0 Å². The van der Waals surface area contributed by atoms with Crippen LogP contribution in [-0.2, 0) is 12.8 Å². The number of unbranched alkanes of at least 4 members (excludes halogenated alkanes) is 3. The minimum Gasteiger partial charge on any atom is -0.313 e. The summed E-state index contributed by atoms with van der Waals surface area (Å²) < 4.78 is 0. The van der Waals surface area contributed by atoms with Crippen LogP contribution < -0.4 is 5.32 Å². The van der Waals surface area contributed by atoms with Crippen LogP contribution >= 0.6 is 11.8 Å². The summed E-state index contributed by atoms with van der Waals surface area (Å²) in [4.78, 5) is 0. The van der Waals surface area contributed by atoms with E-state index in [1.165, 1.54) is 50.8 Å². The highest BCUT2D eigenvalue weighted by molar-refractivity contribution is 7.98. The molecule has 0 aromatic heterocycles. The molecule has 1 N–H and O–H groups in total. The Morgan fingerprint density at radius 2 is 1.72 bits per heavy atom. The molecule has 0 spiro atoms. The second-order valence-corrected chi connectivity index (χ2v) is 6.22. The van der Waals surface area contributed by atoms with E-state index in [4.69, 9.17) is 0 Å². The first-order valence-electron chi connectivity index (χ1n) is 7.19. The van der Waals surface area contributed by atoms with Crippen molar-refractivity contribution in [1.82, 2.24) is 5.32 Å². The largest absolute Gasteiger partial charge is 0.313 e. The van der Waals surface area contributed by atoms with E-state index in [-0.39, 0.29) is 0 Å². The van der Waals surface area contributed by atoms with Gasteiger partial charge >= 0.3 is 0 Å². The number of thioether (sulfide) groups is 1. The van der Waals surface area contributed by atoms with Crippen molar-refractivity contribution in [2.75, 3.05) is 18.6 Å². The molecule has 0 aliphatic heterocycles. The van der Waals surface area contributed by atoms with E-state index in [1.807, 2.05) is 11.8 Å². The van der Waals surface area contributed by atoms with Gasteiger partial charge in [0.1, 0.15) is 0 Å². The van der Waals surface area contributed by atoms with Crippen LogP contribution in [-0.4, -0.2) is 24.6 Å². The Kier molecular flexibility index (Phi) is 6.09. The van der Waals surface area contributed by atoms with Gasteiger partial charge in [0, 0.05) is 6.04 Å². The van der Waals surface area contributed by atoms with Crippen molar-refractivity contribution in [3.8, 4) is 0 Å². The van der Waals surface area contributed by atoms with E-state index in [9.17, 15) is 0 Å². The molecule has 0 bridgehead atoms. The lowest BCUT2D eigenvalue weighted by molar-refractivity contribution is 0.509. The quantitative estimate of drug-likeness (QED) is 0.718. The van der Waals surface area contributed by atoms with Gasteiger partial charge in [-0.05, 0) is 55.4 Å². The smallest absolute Gasteiger partial charge is 0.0148 e. The second kappa shape index (κ2) is 7.85. The van der Waals surface area contributed by atoms with Crippen molar-refractivity contribution in [2.24, 2.45) is 0 Å². The fourth-order valence-electron chi connectivity index (χ4n) is 2.73. The van der Waals surface area contributed by atoms with Crippen LogP contribution in [0.3, 0.4) is 0 Å². The van der Waals surface area contributed by atoms with Crippen molar-refractivity contribution in [2.45, 2.75) is 44.6 Å². The zero-order valence-corrected chi connectivity index (χ0v) is 12.3. The highest BCUT2D eigenvalue weighted by atomic mass is 32.2. The lowest BCUT2D eigenvalue weighted by Crippen LogP contribution is -2.30. The summed E-state index contributed by atoms with van der Waals surface area (Å²) >= 11 is 1.96. The van der Waals surface area contributed by atoms with E-state index < -0.39 is 0 Å². The summed E-state index contributed by atoms with van der Waals surface area (Å²) in [5.41, 5.74) is 3.10. The highest BCUT2D eigenvalue weighted by Gasteiger charge is 2.19. The monoisotopic (exact) mass is 263 g/mol. The summed E-state index contributed by atoms with van der Waals surface area (Å²) in [6, 6.07) is 9.56. The van der Waals surface area contributed by atoms with E-state index in [0.717, 1.165) is 0 Å². The molecule has 1 nitrogen and oxygen atoms in total. The van der Waals surface area contributed by atoms with Crippen molar-refractivity contribution < 1.29 is 0 Å². The highest BCUT2D eigenvalue weighted by Crippen LogP contribution is 2.21. The van der Waals surface area contributed by atoms with E-state index >= 15 is 0 Å². The minimum absolute atomic E-state index is 0.689. The van der Waals surface area contributed by atoms with Crippen molar-refractivity contribution in [3.63, 3.8) is 0 Å². The predicted molar refractivity (Wildman–Crippen MR) is 82.5 cm³/mol. The molecule has 0 unspecified atom stereocenters. The molecule has 100 valence electrons. The number of rotatable bonds is 8. The molecule has 0 heterocycles. The summed E-state index contributed by atoms with van der Waals surface area (Å²) in [7, 11) is 0. The molecule has 0 radical (unpaired) electrons. The van der Waals surface area contributed by atoms with Crippen LogP contribution in [0.5, 0.6) is 0 Å². The normalized spacial score (nSPS) is 14.9. The molecule has 1 aromatic rings. The molecule has 1 aromatic carbocycles. The van der Waals surface area contributed by atoms with Gasteiger partial charge in [-0.1, -0.05) is 37.1 Å². The summed E-state index contributed by atoms with van der Waals surface area (Å²) in [6.07, 6.45) is 10.1. The fourth-order valence-corrected chi connectivity index (χ4v) is 3.23. The molecule has 0 amide bonds. The maximum atomic E-state index is 3.71. The molecule has 1 aliphatic carbocycles. The van der Waals surface area contributed by atoms with Gasteiger partial charge in [-0.25, -0.2) is 0 Å². The second-order valence-electron chi connectivity index (χ2n) is 5.24. The summed E-state index contributed by atoms with van der Waals surface area (Å²) in [6.45, 7) is 1.19. The number of fused-ring (bicyclic) bond motifs is 1. The van der Waals surface area contributed by atoms with Gasteiger partial charge in [-0.15, -0.1) is 0 Å². The molecule has 0 atom stereocenters. The van der Waals surface area contributed by atoms with Gasteiger partial charge < -0.3 is 5.32 Å². The van der Waals surface area contributed by atoms with Gasteiger partial charge in [0.15, 0.2) is 0 Å². The molecule has 0 saturated carbocycles. The predicted octanol–water partition coefficient (Wildman–Crippen LogP) is 3.67. The molecule has 2 heteroatoms. The average Bonchev–Trinajstić information content (AvgIpc) is 2.80. The molecule has 2 rings (SSSR count). The Morgan fingerprint density at radius 1 is 1.06 bits per heavy atom. The lowest BCUT2D eigenvalue weighted by atomic mass is 10.1. The lowest BCUT2D eigenvalue weighted by Gasteiger charge is -2.11. The number of benzene rings is 1. The third-order valence-electron chi connectivity index (χ3n) is 3.76. The van der Waals surface area contributed by atoms with Gasteiger partial charge in [-0.2, -0.15) is 11.8 Å². The van der Waals surface area contributed by atoms with Crippen molar-refractivity contribution >= 4 is 11.8 Å². The van der Waals surface area contributed by atoms with Crippen LogP contribution in [0.15, 0.2) is 24.3 Å². The van der Waals surface area contributed by atoms with Gasteiger partial charge in [0.2, 0.25) is 0 Å². The Bertz CT molecular complexity index is 326. The van der Waals surface area contributed by atoms with Crippen molar-refractivity contribution in [3.05, 3.63) is 35.4 Å². The maximum Gasteiger partial charge on any atom is 0.0148 e. The minimum atomic E-state index is 0.689. The first kappa shape index (κ1) is 14.0. The molecule has 0 saturated heterocycles. The fraction of sp³-hybridized carbons (Fsp3) is 0.625. The van der Waals surface area contributed by atoms with Crippen molar-refractivity contribution in [1.29, 1.82) is 0 Å². The van der Waals surface area contributed by atoms with E-state index in [1.54, 1.807) is 11.1 Å². The van der Waals surface area contributed by atoms with Gasteiger partial charge in [0.25, 0.3) is 0 Å². The van der Waals surface area contributed by atoms with Crippen LogP contribution in [0.25, 0.3) is 0 Å². The standard InChI is InChI=1S/C16H25NS/c1-18-11-7-3-2-6-10-17-16-12-14-8-4-5-9-15(14)13-16/h4-5,8-9,16-17H,2-3,6-7,10-13H2,1H3. The number of nitrogens with one attached hydrogen (secondary N) is 1. The third-order valence-corrected chi connectivity index (χ3v) is 4.46. The zero-order valence-electron chi connectivity index (χ0n) is 11.5. The van der Waals surface area contributed by atoms with Gasteiger partial charge in [0.05, 0.1) is 0 Å². The van der Waals surface area contributed by atoms with Gasteiger partial charge in [-0.3, -0.25) is 0 Å². The van der Waals surface area contributed by atoms with Crippen LogP contribution in [0.4, 0.5) is 0 Å². The van der Waals surface area contributed by atoms with Crippen LogP contribution in [0.1, 0.15) is 36.8 Å². The first-order valence-corrected chi connectivity index (χ1v) is 8.58. The average molecular weight is 263 g/mol. The van der Waals surface area contributed by atoms with E-state index in [0.29, 0.717) is 6.04 Å². The Hall–Kier alpha value is -0.470. The molecular formula is C16H25NS. The van der Waals surface area contributed by atoms with E-state index in [2.05, 4.69) is 35.8 Å². The topological polar surface area (TPSA) is 12.0 Å². The number of hydrogen-bond donors (Lipinski definition) is 1.